The molecule has 0 atom stereocenters. The number of piperazine rings is 1. The zero-order valence-corrected chi connectivity index (χ0v) is 13.6. The average molecular weight is 288 g/mol. The number of Topliss-reactive ketones (excluding diaryl/α,β-unsaturated/α-hetero) is 1. The summed E-state index contributed by atoms with van der Waals surface area (Å²) in [5.41, 5.74) is 1.12. The predicted molar refractivity (Wildman–Crippen MR) is 87.8 cm³/mol. The number of hydrogen-bond donors (Lipinski definition) is 0. The van der Waals surface area contributed by atoms with Gasteiger partial charge in [0.2, 0.25) is 0 Å². The molecule has 0 aliphatic carbocycles. The Balaban J connectivity index is 1.68. The molecule has 1 fully saturated rings. The summed E-state index contributed by atoms with van der Waals surface area (Å²) in [5.74, 6) is 0.268. The van der Waals surface area contributed by atoms with Crippen molar-refractivity contribution in [1.29, 1.82) is 0 Å². The maximum Gasteiger partial charge on any atom is 0.162 e. The Morgan fingerprint density at radius 2 is 1.67 bits per heavy atom. The van der Waals surface area contributed by atoms with Gasteiger partial charge in [0.05, 0.1) is 0 Å². The van der Waals surface area contributed by atoms with Crippen LogP contribution < -0.4 is 0 Å². The highest BCUT2D eigenvalue weighted by Crippen LogP contribution is 2.16. The van der Waals surface area contributed by atoms with Crippen LogP contribution in [0.25, 0.3) is 0 Å². The molecule has 0 aromatic heterocycles. The zero-order chi connectivity index (χ0) is 15.3. The van der Waals surface area contributed by atoms with E-state index in [1.165, 1.54) is 0 Å². The molecule has 0 unspecified atom stereocenters. The van der Waals surface area contributed by atoms with Crippen LogP contribution in [0.4, 0.5) is 0 Å². The van der Waals surface area contributed by atoms with E-state index in [9.17, 15) is 4.79 Å². The van der Waals surface area contributed by atoms with Crippen molar-refractivity contribution in [3.05, 3.63) is 35.9 Å². The van der Waals surface area contributed by atoms with Crippen molar-refractivity contribution in [3.63, 3.8) is 0 Å². The number of hydrogen-bond acceptors (Lipinski definition) is 3. The standard InChI is InChI=1S/C18H28N2O/c1-18(2,3)20-14-12-19(13-15-20)11-7-10-17(21)16-8-5-4-6-9-16/h4-6,8-9H,7,10-15H2,1-3H3. The van der Waals surface area contributed by atoms with Gasteiger partial charge in [-0.1, -0.05) is 30.3 Å². The zero-order valence-electron chi connectivity index (χ0n) is 13.6. The topological polar surface area (TPSA) is 23.6 Å². The van der Waals surface area contributed by atoms with E-state index in [4.69, 9.17) is 0 Å². The van der Waals surface area contributed by atoms with Gasteiger partial charge < -0.3 is 4.90 Å². The molecule has 1 aromatic rings. The second-order valence-electron chi connectivity index (χ2n) is 6.89. The largest absolute Gasteiger partial charge is 0.301 e. The van der Waals surface area contributed by atoms with Gasteiger partial charge in [-0.15, -0.1) is 0 Å². The maximum absolute atomic E-state index is 12.0. The van der Waals surface area contributed by atoms with Crippen molar-refractivity contribution in [2.24, 2.45) is 0 Å². The minimum Gasteiger partial charge on any atom is -0.301 e. The predicted octanol–water partition coefficient (Wildman–Crippen LogP) is 3.07. The molecule has 3 heteroatoms. The lowest BCUT2D eigenvalue weighted by Gasteiger charge is -2.42. The number of rotatable bonds is 5. The minimum atomic E-state index is 0.268. The van der Waals surface area contributed by atoms with E-state index in [-0.39, 0.29) is 11.3 Å². The molecule has 1 heterocycles. The lowest BCUT2D eigenvalue weighted by Crippen LogP contribution is -2.53. The van der Waals surface area contributed by atoms with E-state index in [1.807, 2.05) is 30.3 Å². The molecule has 0 radical (unpaired) electrons. The molecule has 0 bridgehead atoms. The second kappa shape index (κ2) is 7.19. The average Bonchev–Trinajstić information content (AvgIpc) is 2.47. The monoisotopic (exact) mass is 288 g/mol. The van der Waals surface area contributed by atoms with Gasteiger partial charge >= 0.3 is 0 Å². The van der Waals surface area contributed by atoms with E-state index in [1.54, 1.807) is 0 Å². The second-order valence-corrected chi connectivity index (χ2v) is 6.89. The summed E-state index contributed by atoms with van der Waals surface area (Å²) < 4.78 is 0. The smallest absolute Gasteiger partial charge is 0.162 e. The molecule has 0 spiro atoms. The quantitative estimate of drug-likeness (QED) is 0.778. The van der Waals surface area contributed by atoms with Crippen molar-refractivity contribution < 1.29 is 4.79 Å². The Kier molecular flexibility index (Phi) is 5.54. The van der Waals surface area contributed by atoms with Gasteiger partial charge in [-0.05, 0) is 33.7 Å². The van der Waals surface area contributed by atoms with E-state index in [0.717, 1.165) is 44.7 Å². The summed E-state index contributed by atoms with van der Waals surface area (Å²) in [6.07, 6.45) is 1.62. The SMILES string of the molecule is CC(C)(C)N1CCN(CCCC(=O)c2ccccc2)CC1. The number of benzene rings is 1. The Labute approximate surface area is 128 Å². The summed E-state index contributed by atoms with van der Waals surface area (Å²) in [7, 11) is 0. The first-order valence-electron chi connectivity index (χ1n) is 8.02. The molecule has 1 aliphatic rings. The van der Waals surface area contributed by atoms with Gasteiger partial charge in [0.15, 0.2) is 5.78 Å². The Morgan fingerprint density at radius 1 is 1.05 bits per heavy atom. The van der Waals surface area contributed by atoms with Crippen LogP contribution in [0.5, 0.6) is 0 Å². The van der Waals surface area contributed by atoms with Crippen LogP contribution in [-0.4, -0.2) is 53.8 Å². The maximum atomic E-state index is 12.0. The fraction of sp³-hybridized carbons (Fsp3) is 0.611. The third-order valence-electron chi connectivity index (χ3n) is 4.29. The molecular formula is C18H28N2O. The Morgan fingerprint density at radius 3 is 2.24 bits per heavy atom. The van der Waals surface area contributed by atoms with Gasteiger partial charge in [0, 0.05) is 43.7 Å². The molecule has 0 N–H and O–H groups in total. The summed E-state index contributed by atoms with van der Waals surface area (Å²) in [6, 6.07) is 9.62. The summed E-state index contributed by atoms with van der Waals surface area (Å²) in [4.78, 5) is 17.1. The third-order valence-corrected chi connectivity index (χ3v) is 4.29. The number of carbonyl (C=O) groups is 1. The number of ketones is 1. The highest BCUT2D eigenvalue weighted by Gasteiger charge is 2.25. The first-order valence-corrected chi connectivity index (χ1v) is 8.02. The molecule has 1 aromatic carbocycles. The van der Waals surface area contributed by atoms with Crippen molar-refractivity contribution in [2.45, 2.75) is 39.2 Å². The van der Waals surface area contributed by atoms with Gasteiger partial charge in [0.1, 0.15) is 0 Å². The Bertz CT molecular complexity index is 442. The third kappa shape index (κ3) is 4.94. The van der Waals surface area contributed by atoms with Crippen LogP contribution in [-0.2, 0) is 0 Å². The van der Waals surface area contributed by atoms with E-state index in [2.05, 4.69) is 30.6 Å². The molecule has 0 amide bonds. The number of carbonyl (C=O) groups excluding carboxylic acids is 1. The molecule has 21 heavy (non-hydrogen) atoms. The molecule has 1 aliphatic heterocycles. The highest BCUT2D eigenvalue weighted by molar-refractivity contribution is 5.95. The highest BCUT2D eigenvalue weighted by atomic mass is 16.1. The van der Waals surface area contributed by atoms with Crippen molar-refractivity contribution in [3.8, 4) is 0 Å². The van der Waals surface area contributed by atoms with Crippen molar-refractivity contribution in [1.82, 2.24) is 9.80 Å². The van der Waals surface area contributed by atoms with Crippen molar-refractivity contribution >= 4 is 5.78 Å². The number of nitrogens with zero attached hydrogens (tertiary/aromatic N) is 2. The summed E-state index contributed by atoms with van der Waals surface area (Å²) in [6.45, 7) is 12.4. The fourth-order valence-electron chi connectivity index (χ4n) is 2.87. The molecule has 2 rings (SSSR count). The molecule has 0 saturated carbocycles. The van der Waals surface area contributed by atoms with E-state index >= 15 is 0 Å². The first kappa shape index (κ1) is 16.2. The van der Waals surface area contributed by atoms with Gasteiger partial charge in [-0.3, -0.25) is 9.69 Å². The van der Waals surface area contributed by atoms with Gasteiger partial charge in [-0.2, -0.15) is 0 Å². The van der Waals surface area contributed by atoms with Crippen LogP contribution >= 0.6 is 0 Å². The summed E-state index contributed by atoms with van der Waals surface area (Å²) in [5, 5.41) is 0. The lowest BCUT2D eigenvalue weighted by molar-refractivity contribution is 0.0613. The fourth-order valence-corrected chi connectivity index (χ4v) is 2.87. The first-order chi connectivity index (χ1) is 9.97. The van der Waals surface area contributed by atoms with Crippen LogP contribution in [0.3, 0.4) is 0 Å². The van der Waals surface area contributed by atoms with E-state index in [0.29, 0.717) is 6.42 Å². The lowest BCUT2D eigenvalue weighted by atomic mass is 10.0. The van der Waals surface area contributed by atoms with Crippen LogP contribution in [0, 0.1) is 0 Å². The van der Waals surface area contributed by atoms with Crippen LogP contribution in [0.1, 0.15) is 44.0 Å². The van der Waals surface area contributed by atoms with Gasteiger partial charge in [0.25, 0.3) is 0 Å². The van der Waals surface area contributed by atoms with E-state index < -0.39 is 0 Å². The molecule has 116 valence electrons. The minimum absolute atomic E-state index is 0.268. The summed E-state index contributed by atoms with van der Waals surface area (Å²) >= 11 is 0. The Hall–Kier alpha value is -1.19. The normalized spacial score (nSPS) is 17.9. The van der Waals surface area contributed by atoms with Crippen LogP contribution in [0.2, 0.25) is 0 Å². The van der Waals surface area contributed by atoms with Gasteiger partial charge in [-0.25, -0.2) is 0 Å². The molecule has 3 nitrogen and oxygen atoms in total. The van der Waals surface area contributed by atoms with Crippen molar-refractivity contribution in [2.75, 3.05) is 32.7 Å². The molecule has 1 saturated heterocycles. The molecular weight excluding hydrogens is 260 g/mol. The van der Waals surface area contributed by atoms with Crippen LogP contribution in [0.15, 0.2) is 30.3 Å².